The van der Waals surface area contributed by atoms with E-state index in [-0.39, 0.29) is 24.4 Å². The van der Waals surface area contributed by atoms with Crippen molar-refractivity contribution >= 4 is 8.32 Å². The van der Waals surface area contributed by atoms with E-state index in [1.807, 2.05) is 6.92 Å². The standard InChI is InChI=1S/C16H34O3Si/c1-7-11-14(19-20(8-2,9-3)10-4)13(5)15-16(6,12-17)18-15/h13-15,17H,7-12H2,1-6H3/t13-,14+,15-,16-/m0/s1. The van der Waals surface area contributed by atoms with Crippen molar-refractivity contribution in [3.8, 4) is 0 Å². The summed E-state index contributed by atoms with van der Waals surface area (Å²) in [6.07, 6.45) is 2.67. The number of hydrogen-bond acceptors (Lipinski definition) is 3. The van der Waals surface area contributed by atoms with Crippen LogP contribution in [0.25, 0.3) is 0 Å². The van der Waals surface area contributed by atoms with Crippen molar-refractivity contribution in [3.63, 3.8) is 0 Å². The Hall–Kier alpha value is 0.0969. The molecule has 1 aliphatic rings. The van der Waals surface area contributed by atoms with Crippen LogP contribution in [0.2, 0.25) is 18.1 Å². The molecule has 0 aromatic heterocycles. The van der Waals surface area contributed by atoms with Gasteiger partial charge in [-0.3, -0.25) is 0 Å². The average molecular weight is 303 g/mol. The highest BCUT2D eigenvalue weighted by atomic mass is 28.4. The summed E-state index contributed by atoms with van der Waals surface area (Å²) < 4.78 is 12.4. The summed E-state index contributed by atoms with van der Waals surface area (Å²) in [5.74, 6) is 0.364. The van der Waals surface area contributed by atoms with Gasteiger partial charge in [0.25, 0.3) is 0 Å². The average Bonchev–Trinajstić information content (AvgIpc) is 3.16. The number of aliphatic hydroxyl groups is 1. The fourth-order valence-corrected chi connectivity index (χ4v) is 6.25. The molecule has 0 spiro atoms. The Morgan fingerprint density at radius 1 is 1.20 bits per heavy atom. The van der Waals surface area contributed by atoms with Crippen LogP contribution in [0.15, 0.2) is 0 Å². The largest absolute Gasteiger partial charge is 0.414 e. The van der Waals surface area contributed by atoms with Gasteiger partial charge in [0.15, 0.2) is 8.32 Å². The minimum Gasteiger partial charge on any atom is -0.414 e. The summed E-state index contributed by atoms with van der Waals surface area (Å²) in [7, 11) is -1.57. The monoisotopic (exact) mass is 302 g/mol. The van der Waals surface area contributed by atoms with Crippen LogP contribution in [0, 0.1) is 5.92 Å². The molecule has 0 amide bonds. The van der Waals surface area contributed by atoms with E-state index >= 15 is 0 Å². The Labute approximate surface area is 126 Å². The molecule has 1 rings (SSSR count). The minimum absolute atomic E-state index is 0.110. The Morgan fingerprint density at radius 2 is 1.75 bits per heavy atom. The lowest BCUT2D eigenvalue weighted by atomic mass is 9.91. The molecule has 0 aromatic rings. The summed E-state index contributed by atoms with van der Waals surface area (Å²) in [6, 6.07) is 3.57. The first-order valence-electron chi connectivity index (χ1n) is 8.38. The van der Waals surface area contributed by atoms with Gasteiger partial charge in [0.05, 0.1) is 18.8 Å². The maximum absolute atomic E-state index is 9.41. The summed E-state index contributed by atoms with van der Waals surface area (Å²) in [5, 5.41) is 9.41. The number of rotatable bonds is 10. The molecule has 0 saturated carbocycles. The van der Waals surface area contributed by atoms with E-state index in [2.05, 4.69) is 34.6 Å². The molecule has 0 bridgehead atoms. The van der Waals surface area contributed by atoms with Gasteiger partial charge in [-0.1, -0.05) is 41.0 Å². The van der Waals surface area contributed by atoms with Gasteiger partial charge in [0, 0.05) is 5.92 Å². The molecule has 1 aliphatic heterocycles. The third-order valence-electron chi connectivity index (χ3n) is 5.23. The zero-order chi connectivity index (χ0) is 15.4. The first kappa shape index (κ1) is 18.1. The van der Waals surface area contributed by atoms with E-state index in [9.17, 15) is 5.11 Å². The highest BCUT2D eigenvalue weighted by molar-refractivity contribution is 6.73. The second-order valence-electron chi connectivity index (χ2n) is 6.56. The first-order chi connectivity index (χ1) is 9.41. The molecule has 1 saturated heterocycles. The van der Waals surface area contributed by atoms with Crippen molar-refractivity contribution in [1.29, 1.82) is 0 Å². The summed E-state index contributed by atoms with van der Waals surface area (Å²) in [4.78, 5) is 0. The Balaban J connectivity index is 2.74. The van der Waals surface area contributed by atoms with Gasteiger partial charge >= 0.3 is 0 Å². The van der Waals surface area contributed by atoms with Gasteiger partial charge in [0.2, 0.25) is 0 Å². The van der Waals surface area contributed by atoms with E-state index in [0.29, 0.717) is 5.92 Å². The molecule has 120 valence electrons. The van der Waals surface area contributed by atoms with E-state index < -0.39 is 8.32 Å². The minimum atomic E-state index is -1.57. The SMILES string of the molecule is CCC[C@@H](O[Si](CC)(CC)CC)[C@H](C)[C@@H]1O[C@@]1(C)CO. The third kappa shape index (κ3) is 3.84. The number of epoxide rings is 1. The fourth-order valence-electron chi connectivity index (χ4n) is 3.28. The highest BCUT2D eigenvalue weighted by Gasteiger charge is 2.56. The normalized spacial score (nSPS) is 29.2. The lowest BCUT2D eigenvalue weighted by Gasteiger charge is -2.36. The van der Waals surface area contributed by atoms with E-state index in [1.54, 1.807) is 0 Å². The van der Waals surface area contributed by atoms with Gasteiger partial charge in [0.1, 0.15) is 5.60 Å². The van der Waals surface area contributed by atoms with E-state index in [0.717, 1.165) is 12.8 Å². The molecular weight excluding hydrogens is 268 g/mol. The van der Waals surface area contributed by atoms with Crippen LogP contribution >= 0.6 is 0 Å². The van der Waals surface area contributed by atoms with Crippen molar-refractivity contribution in [2.75, 3.05) is 6.61 Å². The van der Waals surface area contributed by atoms with E-state index in [1.165, 1.54) is 18.1 Å². The van der Waals surface area contributed by atoms with E-state index in [4.69, 9.17) is 9.16 Å². The van der Waals surface area contributed by atoms with Crippen LogP contribution in [-0.4, -0.2) is 37.8 Å². The molecule has 3 nitrogen and oxygen atoms in total. The van der Waals surface area contributed by atoms with Crippen molar-refractivity contribution in [1.82, 2.24) is 0 Å². The molecular formula is C16H34O3Si. The zero-order valence-corrected chi connectivity index (χ0v) is 15.2. The zero-order valence-electron chi connectivity index (χ0n) is 14.2. The molecule has 0 aromatic carbocycles. The predicted octanol–water partition coefficient (Wildman–Crippen LogP) is 3.96. The lowest BCUT2D eigenvalue weighted by Crippen LogP contribution is -2.43. The molecule has 1 N–H and O–H groups in total. The predicted molar refractivity (Wildman–Crippen MR) is 86.5 cm³/mol. The van der Waals surface area contributed by atoms with Crippen molar-refractivity contribution < 1.29 is 14.3 Å². The van der Waals surface area contributed by atoms with Gasteiger partial charge in [-0.05, 0) is 31.5 Å². The molecule has 20 heavy (non-hydrogen) atoms. The molecule has 1 heterocycles. The van der Waals surface area contributed by atoms with Gasteiger partial charge in [-0.15, -0.1) is 0 Å². The van der Waals surface area contributed by atoms with Crippen LogP contribution in [0.3, 0.4) is 0 Å². The number of aliphatic hydroxyl groups excluding tert-OH is 1. The highest BCUT2D eigenvalue weighted by Crippen LogP contribution is 2.43. The molecule has 1 fully saturated rings. The third-order valence-corrected chi connectivity index (χ3v) is 9.90. The summed E-state index contributed by atoms with van der Waals surface area (Å²) >= 11 is 0. The smallest absolute Gasteiger partial charge is 0.192 e. The van der Waals surface area contributed by atoms with Crippen molar-refractivity contribution in [3.05, 3.63) is 0 Å². The van der Waals surface area contributed by atoms with Gasteiger partial charge in [-0.2, -0.15) is 0 Å². The van der Waals surface area contributed by atoms with Crippen LogP contribution in [0.4, 0.5) is 0 Å². The van der Waals surface area contributed by atoms with Crippen molar-refractivity contribution in [2.24, 2.45) is 5.92 Å². The second-order valence-corrected chi connectivity index (χ2v) is 11.3. The topological polar surface area (TPSA) is 42.0 Å². The van der Waals surface area contributed by atoms with Crippen LogP contribution in [0.1, 0.15) is 54.4 Å². The lowest BCUT2D eigenvalue weighted by molar-refractivity contribution is 0.102. The summed E-state index contributed by atoms with van der Waals surface area (Å²) in [6.45, 7) is 13.4. The summed E-state index contributed by atoms with van der Waals surface area (Å²) in [5.41, 5.74) is -0.330. The van der Waals surface area contributed by atoms with Crippen molar-refractivity contribution in [2.45, 2.75) is 90.3 Å². The van der Waals surface area contributed by atoms with Gasteiger partial charge in [-0.25, -0.2) is 0 Å². The second kappa shape index (κ2) is 7.39. The Morgan fingerprint density at radius 3 is 2.10 bits per heavy atom. The molecule has 4 heteroatoms. The first-order valence-corrected chi connectivity index (χ1v) is 10.9. The number of hydrogen-bond donors (Lipinski definition) is 1. The maximum Gasteiger partial charge on any atom is 0.192 e. The fraction of sp³-hybridized carbons (Fsp3) is 1.00. The number of ether oxygens (including phenoxy) is 1. The van der Waals surface area contributed by atoms with Crippen LogP contribution in [-0.2, 0) is 9.16 Å². The van der Waals surface area contributed by atoms with Gasteiger partial charge < -0.3 is 14.3 Å². The maximum atomic E-state index is 9.41. The molecule has 0 aliphatic carbocycles. The quantitative estimate of drug-likeness (QED) is 0.490. The molecule has 4 atom stereocenters. The Bertz CT molecular complexity index is 285. The van der Waals surface area contributed by atoms with Crippen LogP contribution < -0.4 is 0 Å². The van der Waals surface area contributed by atoms with Crippen LogP contribution in [0.5, 0.6) is 0 Å². The Kier molecular flexibility index (Phi) is 6.70. The molecule has 0 unspecified atom stereocenters. The molecule has 0 radical (unpaired) electrons.